The monoisotopic (exact) mass is 243 g/mol. The Morgan fingerprint density at radius 3 is 3.00 bits per heavy atom. The third-order valence-corrected chi connectivity index (χ3v) is 5.27. The molecule has 2 heterocycles. The van der Waals surface area contributed by atoms with Gasteiger partial charge in [0.1, 0.15) is 0 Å². The number of morpholine rings is 1. The van der Waals surface area contributed by atoms with Crippen molar-refractivity contribution < 1.29 is 4.74 Å². The number of nitrogens with one attached hydrogen (secondary N) is 1. The topological polar surface area (TPSA) is 21.3 Å². The molecular weight excluding hydrogens is 222 g/mol. The summed E-state index contributed by atoms with van der Waals surface area (Å²) >= 11 is 6.15. The van der Waals surface area contributed by atoms with Crippen molar-refractivity contribution in [3.05, 3.63) is 0 Å². The van der Waals surface area contributed by atoms with E-state index in [1.54, 1.807) is 0 Å². The summed E-state index contributed by atoms with van der Waals surface area (Å²) in [5.74, 6) is 2.21. The molecule has 1 saturated carbocycles. The molecule has 2 saturated heterocycles. The van der Waals surface area contributed by atoms with Gasteiger partial charge in [-0.3, -0.25) is 0 Å². The molecule has 1 aliphatic carbocycles. The Bertz CT molecular complexity index is 256. The molecule has 0 aromatic carbocycles. The van der Waals surface area contributed by atoms with Gasteiger partial charge in [0, 0.05) is 19.0 Å². The zero-order valence-corrected chi connectivity index (χ0v) is 10.6. The summed E-state index contributed by atoms with van der Waals surface area (Å²) in [4.78, 5) is 0. The molecule has 4 atom stereocenters. The summed E-state index contributed by atoms with van der Waals surface area (Å²) in [5, 5.41) is 3.56. The molecule has 92 valence electrons. The van der Waals surface area contributed by atoms with Crippen LogP contribution in [0.1, 0.15) is 38.5 Å². The molecule has 2 bridgehead atoms. The van der Waals surface area contributed by atoms with E-state index >= 15 is 0 Å². The molecule has 2 nitrogen and oxygen atoms in total. The van der Waals surface area contributed by atoms with E-state index in [0.717, 1.165) is 19.0 Å². The Labute approximate surface area is 103 Å². The number of halogens is 1. The summed E-state index contributed by atoms with van der Waals surface area (Å²) in [6.07, 6.45) is 8.35. The van der Waals surface area contributed by atoms with Gasteiger partial charge in [-0.05, 0) is 37.5 Å². The van der Waals surface area contributed by atoms with Gasteiger partial charge < -0.3 is 10.1 Å². The molecule has 16 heavy (non-hydrogen) atoms. The third kappa shape index (κ3) is 1.79. The van der Waals surface area contributed by atoms with Gasteiger partial charge in [-0.15, -0.1) is 11.6 Å². The third-order valence-electron chi connectivity index (χ3n) is 4.87. The van der Waals surface area contributed by atoms with Crippen molar-refractivity contribution in [2.45, 2.75) is 50.2 Å². The number of ether oxygens (including phenoxy) is 1. The Balaban J connectivity index is 1.79. The second-order valence-electron chi connectivity index (χ2n) is 5.78. The van der Waals surface area contributed by atoms with Gasteiger partial charge in [0.2, 0.25) is 0 Å². The van der Waals surface area contributed by atoms with E-state index < -0.39 is 0 Å². The lowest BCUT2D eigenvalue weighted by Gasteiger charge is -2.45. The average Bonchev–Trinajstić information content (AvgIpc) is 2.66. The van der Waals surface area contributed by atoms with Crippen LogP contribution >= 0.6 is 11.6 Å². The molecule has 3 heteroatoms. The molecule has 1 N–H and O–H groups in total. The normalized spacial score (nSPS) is 48.2. The number of rotatable bonds is 2. The van der Waals surface area contributed by atoms with E-state index in [-0.39, 0.29) is 5.60 Å². The van der Waals surface area contributed by atoms with Crippen molar-refractivity contribution in [2.75, 3.05) is 19.0 Å². The predicted molar refractivity (Wildman–Crippen MR) is 65.9 cm³/mol. The fraction of sp³-hybridized carbons (Fsp3) is 1.00. The van der Waals surface area contributed by atoms with E-state index in [1.165, 1.54) is 38.5 Å². The zero-order chi connectivity index (χ0) is 11.0. The predicted octanol–water partition coefficient (Wildman–Crippen LogP) is 2.55. The van der Waals surface area contributed by atoms with Crippen LogP contribution in [0.25, 0.3) is 0 Å². The second kappa shape index (κ2) is 4.47. The van der Waals surface area contributed by atoms with Crippen LogP contribution < -0.4 is 5.32 Å². The van der Waals surface area contributed by atoms with Crippen LogP contribution in [0.4, 0.5) is 0 Å². The minimum Gasteiger partial charge on any atom is -0.369 e. The second-order valence-corrected chi connectivity index (χ2v) is 6.09. The summed E-state index contributed by atoms with van der Waals surface area (Å²) in [6.45, 7) is 2.11. The largest absolute Gasteiger partial charge is 0.369 e. The average molecular weight is 244 g/mol. The van der Waals surface area contributed by atoms with E-state index in [0.29, 0.717) is 17.9 Å². The fourth-order valence-electron chi connectivity index (χ4n) is 4.06. The first-order chi connectivity index (χ1) is 7.84. The molecule has 0 aromatic rings. The highest BCUT2D eigenvalue weighted by Gasteiger charge is 2.50. The van der Waals surface area contributed by atoms with Crippen molar-refractivity contribution in [2.24, 2.45) is 11.8 Å². The lowest BCUT2D eigenvalue weighted by atomic mass is 9.69. The van der Waals surface area contributed by atoms with Crippen LogP contribution in [-0.4, -0.2) is 30.7 Å². The summed E-state index contributed by atoms with van der Waals surface area (Å²) in [6, 6.07) is 0. The molecule has 0 radical (unpaired) electrons. The minimum atomic E-state index is 0.142. The van der Waals surface area contributed by atoms with Gasteiger partial charge in [-0.2, -0.15) is 0 Å². The van der Waals surface area contributed by atoms with E-state index in [9.17, 15) is 0 Å². The summed E-state index contributed by atoms with van der Waals surface area (Å²) in [5.41, 5.74) is 0.142. The van der Waals surface area contributed by atoms with Gasteiger partial charge in [-0.1, -0.05) is 12.8 Å². The highest BCUT2D eigenvalue weighted by Crippen LogP contribution is 2.47. The van der Waals surface area contributed by atoms with Crippen molar-refractivity contribution in [3.63, 3.8) is 0 Å². The Morgan fingerprint density at radius 2 is 2.12 bits per heavy atom. The van der Waals surface area contributed by atoms with Crippen molar-refractivity contribution >= 4 is 11.6 Å². The molecule has 4 unspecified atom stereocenters. The highest BCUT2D eigenvalue weighted by atomic mass is 35.5. The first-order valence-electron chi connectivity index (χ1n) is 6.78. The molecule has 3 rings (SSSR count). The van der Waals surface area contributed by atoms with Gasteiger partial charge in [0.15, 0.2) is 0 Å². The van der Waals surface area contributed by atoms with Crippen LogP contribution in [0.15, 0.2) is 0 Å². The lowest BCUT2D eigenvalue weighted by molar-refractivity contribution is -0.119. The Morgan fingerprint density at radius 1 is 1.25 bits per heavy atom. The maximum absolute atomic E-state index is 6.34. The summed E-state index contributed by atoms with van der Waals surface area (Å²) in [7, 11) is 0. The maximum atomic E-state index is 6.34. The van der Waals surface area contributed by atoms with Crippen LogP contribution in [0.5, 0.6) is 0 Å². The first kappa shape index (κ1) is 11.3. The Hall–Kier alpha value is 0.210. The van der Waals surface area contributed by atoms with E-state index in [2.05, 4.69) is 5.32 Å². The fourth-order valence-corrected chi connectivity index (χ4v) is 4.43. The summed E-state index contributed by atoms with van der Waals surface area (Å²) < 4.78 is 6.34. The molecule has 3 fully saturated rings. The number of fused-ring (bicyclic) bond motifs is 2. The zero-order valence-electron chi connectivity index (χ0n) is 9.88. The van der Waals surface area contributed by atoms with Gasteiger partial charge >= 0.3 is 0 Å². The SMILES string of the molecule is ClCC1CCCCC1C12CCC(CNC1)O2. The van der Waals surface area contributed by atoms with Gasteiger partial charge in [0.25, 0.3) is 0 Å². The quantitative estimate of drug-likeness (QED) is 0.753. The molecule has 0 aromatic heterocycles. The Kier molecular flexibility index (Phi) is 3.16. The van der Waals surface area contributed by atoms with Crippen LogP contribution in [0.2, 0.25) is 0 Å². The molecule has 0 spiro atoms. The van der Waals surface area contributed by atoms with E-state index in [1.807, 2.05) is 0 Å². The number of hydrogen-bond donors (Lipinski definition) is 1. The van der Waals surface area contributed by atoms with Crippen molar-refractivity contribution in [3.8, 4) is 0 Å². The van der Waals surface area contributed by atoms with Crippen LogP contribution in [0.3, 0.4) is 0 Å². The highest BCUT2D eigenvalue weighted by molar-refractivity contribution is 6.18. The van der Waals surface area contributed by atoms with Crippen molar-refractivity contribution in [1.29, 1.82) is 0 Å². The molecule has 3 aliphatic rings. The van der Waals surface area contributed by atoms with E-state index in [4.69, 9.17) is 16.3 Å². The number of alkyl halides is 1. The molecular formula is C13H22ClNO. The van der Waals surface area contributed by atoms with Gasteiger partial charge in [-0.25, -0.2) is 0 Å². The standard InChI is InChI=1S/C13H22ClNO/c14-7-10-3-1-2-4-12(10)13-6-5-11(16-13)8-15-9-13/h10-12,15H,1-9H2. The molecule has 0 amide bonds. The minimum absolute atomic E-state index is 0.142. The maximum Gasteiger partial charge on any atom is 0.0842 e. The first-order valence-corrected chi connectivity index (χ1v) is 7.32. The number of hydrogen-bond acceptors (Lipinski definition) is 2. The van der Waals surface area contributed by atoms with Crippen molar-refractivity contribution in [1.82, 2.24) is 5.32 Å². The lowest BCUT2D eigenvalue weighted by Crippen LogP contribution is -2.55. The van der Waals surface area contributed by atoms with Gasteiger partial charge in [0.05, 0.1) is 11.7 Å². The van der Waals surface area contributed by atoms with Crippen LogP contribution in [0, 0.1) is 11.8 Å². The van der Waals surface area contributed by atoms with Crippen LogP contribution in [-0.2, 0) is 4.74 Å². The molecule has 2 aliphatic heterocycles. The smallest absolute Gasteiger partial charge is 0.0842 e.